The lowest BCUT2D eigenvalue weighted by Crippen LogP contribution is -2.16. The molecule has 2 nitrogen and oxygen atoms in total. The lowest BCUT2D eigenvalue weighted by atomic mass is 9.90. The first-order chi connectivity index (χ1) is 10.2. The number of nitrogens with one attached hydrogen (secondary N) is 1. The number of anilines is 1. The molecule has 0 heterocycles. The number of fused-ring (bicyclic) bond motifs is 1. The van der Waals surface area contributed by atoms with Crippen LogP contribution in [0.3, 0.4) is 0 Å². The molecule has 108 valence electrons. The van der Waals surface area contributed by atoms with E-state index in [1.54, 1.807) is 0 Å². The second-order valence-corrected chi connectivity index (χ2v) is 6.33. The van der Waals surface area contributed by atoms with Gasteiger partial charge in [-0.05, 0) is 77.4 Å². The molecular weight excluding hydrogens is 326 g/mol. The van der Waals surface area contributed by atoms with Crippen molar-refractivity contribution in [2.24, 2.45) is 0 Å². The fourth-order valence-electron chi connectivity index (χ4n) is 2.91. The van der Waals surface area contributed by atoms with E-state index in [4.69, 9.17) is 0 Å². The summed E-state index contributed by atoms with van der Waals surface area (Å²) in [7, 11) is 0. The lowest BCUT2D eigenvalue weighted by Gasteiger charge is -2.20. The number of hydrogen-bond acceptors (Lipinski definition) is 1. The molecule has 0 fully saturated rings. The Morgan fingerprint density at radius 1 is 1.10 bits per heavy atom. The third-order valence-electron chi connectivity index (χ3n) is 4.08. The van der Waals surface area contributed by atoms with Crippen LogP contribution in [0.2, 0.25) is 0 Å². The molecule has 0 aliphatic heterocycles. The van der Waals surface area contributed by atoms with Gasteiger partial charge in [0, 0.05) is 10.2 Å². The Balaban J connectivity index is 1.90. The van der Waals surface area contributed by atoms with Crippen molar-refractivity contribution in [2.45, 2.75) is 32.6 Å². The number of amides is 1. The summed E-state index contributed by atoms with van der Waals surface area (Å²) < 4.78 is 0.868. The molecule has 0 bridgehead atoms. The van der Waals surface area contributed by atoms with Crippen LogP contribution in [0.5, 0.6) is 0 Å². The Labute approximate surface area is 133 Å². The average Bonchev–Trinajstić information content (AvgIpc) is 2.50. The van der Waals surface area contributed by atoms with Crippen LogP contribution in [0.15, 0.2) is 40.9 Å². The van der Waals surface area contributed by atoms with Crippen molar-refractivity contribution < 1.29 is 4.79 Å². The van der Waals surface area contributed by atoms with E-state index >= 15 is 0 Å². The van der Waals surface area contributed by atoms with Crippen molar-refractivity contribution in [3.63, 3.8) is 0 Å². The molecule has 0 aromatic heterocycles. The zero-order valence-electron chi connectivity index (χ0n) is 12.1. The second kappa shape index (κ2) is 6.02. The van der Waals surface area contributed by atoms with Crippen LogP contribution in [0.25, 0.3) is 0 Å². The van der Waals surface area contributed by atoms with E-state index < -0.39 is 0 Å². The van der Waals surface area contributed by atoms with Gasteiger partial charge < -0.3 is 5.32 Å². The van der Waals surface area contributed by atoms with Gasteiger partial charge >= 0.3 is 0 Å². The summed E-state index contributed by atoms with van der Waals surface area (Å²) >= 11 is 3.51. The van der Waals surface area contributed by atoms with Gasteiger partial charge in [0.2, 0.25) is 0 Å². The largest absolute Gasteiger partial charge is 0.322 e. The van der Waals surface area contributed by atoms with Crippen LogP contribution in [0, 0.1) is 6.92 Å². The van der Waals surface area contributed by atoms with Gasteiger partial charge in [0.05, 0.1) is 5.56 Å². The van der Waals surface area contributed by atoms with Gasteiger partial charge in [-0.1, -0.05) is 24.3 Å². The molecule has 2 aromatic rings. The number of benzene rings is 2. The zero-order valence-corrected chi connectivity index (χ0v) is 13.7. The van der Waals surface area contributed by atoms with Crippen molar-refractivity contribution in [3.05, 3.63) is 63.1 Å². The molecule has 1 aliphatic carbocycles. The molecule has 0 saturated heterocycles. The van der Waals surface area contributed by atoms with E-state index in [1.165, 1.54) is 24.0 Å². The summed E-state index contributed by atoms with van der Waals surface area (Å²) in [5.74, 6) is -0.0513. The molecule has 0 spiro atoms. The Morgan fingerprint density at radius 2 is 1.86 bits per heavy atom. The number of halogens is 1. The van der Waals surface area contributed by atoms with E-state index in [1.807, 2.05) is 37.3 Å². The Kier molecular flexibility index (Phi) is 4.11. The van der Waals surface area contributed by atoms with Crippen LogP contribution >= 0.6 is 15.9 Å². The third kappa shape index (κ3) is 2.88. The minimum Gasteiger partial charge on any atom is -0.322 e. The van der Waals surface area contributed by atoms with Gasteiger partial charge in [0.15, 0.2) is 0 Å². The second-order valence-electron chi connectivity index (χ2n) is 5.54. The zero-order chi connectivity index (χ0) is 14.8. The molecule has 0 unspecified atom stereocenters. The molecule has 1 N–H and O–H groups in total. The highest BCUT2D eigenvalue weighted by Gasteiger charge is 2.16. The standard InChI is InChI=1S/C18H18BrNO/c1-12-6-4-10-15(17(12)19)18(21)20-16-11-5-8-13-7-2-3-9-14(13)16/h4-6,8,10-11H,2-3,7,9H2,1H3,(H,20,21). The number of rotatable bonds is 2. The van der Waals surface area contributed by atoms with Gasteiger partial charge in [0.1, 0.15) is 0 Å². The van der Waals surface area contributed by atoms with Gasteiger partial charge in [-0.25, -0.2) is 0 Å². The topological polar surface area (TPSA) is 29.1 Å². The smallest absolute Gasteiger partial charge is 0.256 e. The SMILES string of the molecule is Cc1cccc(C(=O)Nc2cccc3c2CCCC3)c1Br. The van der Waals surface area contributed by atoms with E-state index in [2.05, 4.69) is 27.3 Å². The predicted octanol–water partition coefficient (Wildman–Crippen LogP) is 4.89. The van der Waals surface area contributed by atoms with Gasteiger partial charge in [0.25, 0.3) is 5.91 Å². The fraction of sp³-hybridized carbons (Fsp3) is 0.278. The summed E-state index contributed by atoms with van der Waals surface area (Å²) in [6.07, 6.45) is 4.62. The summed E-state index contributed by atoms with van der Waals surface area (Å²) in [5.41, 5.74) is 5.40. The molecule has 3 heteroatoms. The van der Waals surface area contributed by atoms with E-state index in [9.17, 15) is 4.79 Å². The Bertz CT molecular complexity index is 694. The van der Waals surface area contributed by atoms with Crippen LogP contribution < -0.4 is 5.32 Å². The van der Waals surface area contributed by atoms with Crippen molar-refractivity contribution in [3.8, 4) is 0 Å². The summed E-state index contributed by atoms with van der Waals surface area (Å²) in [6, 6.07) is 12.0. The Hall–Kier alpha value is -1.61. The molecular formula is C18H18BrNO. The quantitative estimate of drug-likeness (QED) is 0.826. The van der Waals surface area contributed by atoms with Crippen molar-refractivity contribution in [1.82, 2.24) is 0 Å². The normalized spacial score (nSPS) is 13.6. The predicted molar refractivity (Wildman–Crippen MR) is 89.9 cm³/mol. The first kappa shape index (κ1) is 14.3. The molecule has 21 heavy (non-hydrogen) atoms. The van der Waals surface area contributed by atoms with Crippen LogP contribution in [-0.4, -0.2) is 5.91 Å². The van der Waals surface area contributed by atoms with Crippen LogP contribution in [0.4, 0.5) is 5.69 Å². The van der Waals surface area contributed by atoms with E-state index in [0.29, 0.717) is 5.56 Å². The van der Waals surface area contributed by atoms with Crippen molar-refractivity contribution in [2.75, 3.05) is 5.32 Å². The van der Waals surface area contributed by atoms with Crippen molar-refractivity contribution >= 4 is 27.5 Å². The first-order valence-corrected chi connectivity index (χ1v) is 8.13. The summed E-state index contributed by atoms with van der Waals surface area (Å²) in [4.78, 5) is 12.5. The highest BCUT2D eigenvalue weighted by atomic mass is 79.9. The molecule has 2 aromatic carbocycles. The maximum atomic E-state index is 12.5. The Morgan fingerprint density at radius 3 is 2.71 bits per heavy atom. The monoisotopic (exact) mass is 343 g/mol. The first-order valence-electron chi connectivity index (χ1n) is 7.34. The average molecular weight is 344 g/mol. The molecule has 1 amide bonds. The number of carbonyl (C=O) groups is 1. The maximum absolute atomic E-state index is 12.5. The van der Waals surface area contributed by atoms with Crippen molar-refractivity contribution in [1.29, 1.82) is 0 Å². The van der Waals surface area contributed by atoms with E-state index in [-0.39, 0.29) is 5.91 Å². The molecule has 0 atom stereocenters. The minimum atomic E-state index is -0.0513. The van der Waals surface area contributed by atoms with Gasteiger partial charge in [-0.15, -0.1) is 0 Å². The number of hydrogen-bond donors (Lipinski definition) is 1. The lowest BCUT2D eigenvalue weighted by molar-refractivity contribution is 0.102. The number of carbonyl (C=O) groups excluding carboxylic acids is 1. The van der Waals surface area contributed by atoms with E-state index in [0.717, 1.165) is 28.6 Å². The van der Waals surface area contributed by atoms with Crippen LogP contribution in [0.1, 0.15) is 39.9 Å². The third-order valence-corrected chi connectivity index (χ3v) is 5.13. The molecule has 3 rings (SSSR count). The minimum absolute atomic E-state index is 0.0513. The van der Waals surface area contributed by atoms with Crippen LogP contribution in [-0.2, 0) is 12.8 Å². The summed E-state index contributed by atoms with van der Waals surface area (Å²) in [5, 5.41) is 3.09. The molecule has 1 aliphatic rings. The summed E-state index contributed by atoms with van der Waals surface area (Å²) in [6.45, 7) is 1.99. The highest BCUT2D eigenvalue weighted by Crippen LogP contribution is 2.29. The van der Waals surface area contributed by atoms with Gasteiger partial charge in [-0.3, -0.25) is 4.79 Å². The molecule has 0 saturated carbocycles. The fourth-order valence-corrected chi connectivity index (χ4v) is 3.36. The van der Waals surface area contributed by atoms with Gasteiger partial charge in [-0.2, -0.15) is 0 Å². The molecule has 0 radical (unpaired) electrons. The number of aryl methyl sites for hydroxylation is 2. The maximum Gasteiger partial charge on any atom is 0.256 e. The highest BCUT2D eigenvalue weighted by molar-refractivity contribution is 9.10.